The number of hydrogen-bond acceptors (Lipinski definition) is 6. The monoisotopic (exact) mass is 375 g/mol. The first kappa shape index (κ1) is 19.4. The van der Waals surface area contributed by atoms with E-state index in [9.17, 15) is 9.59 Å². The molecule has 8 nitrogen and oxygen atoms in total. The Morgan fingerprint density at radius 3 is 2.41 bits per heavy atom. The zero-order chi connectivity index (χ0) is 19.2. The molecular weight excluding hydrogens is 346 g/mol. The number of ether oxygens (including phenoxy) is 1. The number of nitrogens with zero attached hydrogens (tertiary/aromatic N) is 4. The summed E-state index contributed by atoms with van der Waals surface area (Å²) in [4.78, 5) is 36.8. The summed E-state index contributed by atoms with van der Waals surface area (Å²) < 4.78 is 5.01. The summed E-state index contributed by atoms with van der Waals surface area (Å²) in [6, 6.07) is 0.0354. The lowest BCUT2D eigenvalue weighted by molar-refractivity contribution is 0.0856. The van der Waals surface area contributed by atoms with Crippen molar-refractivity contribution in [2.75, 3.05) is 37.7 Å². The van der Waals surface area contributed by atoms with E-state index in [1.807, 2.05) is 0 Å². The van der Waals surface area contributed by atoms with Gasteiger partial charge in [-0.05, 0) is 38.5 Å². The highest BCUT2D eigenvalue weighted by Crippen LogP contribution is 2.20. The van der Waals surface area contributed by atoms with Gasteiger partial charge in [-0.25, -0.2) is 14.8 Å². The predicted molar refractivity (Wildman–Crippen MR) is 102 cm³/mol. The van der Waals surface area contributed by atoms with Gasteiger partial charge in [-0.3, -0.25) is 4.79 Å². The average Bonchev–Trinajstić information content (AvgIpc) is 2.69. The Morgan fingerprint density at radius 1 is 1.11 bits per heavy atom. The predicted octanol–water partition coefficient (Wildman–Crippen LogP) is 2.06. The van der Waals surface area contributed by atoms with Crippen molar-refractivity contribution in [1.82, 2.24) is 20.2 Å². The van der Waals surface area contributed by atoms with Crippen molar-refractivity contribution in [3.63, 3.8) is 0 Å². The highest BCUT2D eigenvalue weighted by Gasteiger charge is 2.25. The number of carbonyl (C=O) groups excluding carboxylic acids is 2. The first-order valence-electron chi connectivity index (χ1n) is 9.86. The fourth-order valence-electron chi connectivity index (χ4n) is 3.52. The lowest BCUT2D eigenvalue weighted by Gasteiger charge is -2.31. The van der Waals surface area contributed by atoms with Gasteiger partial charge in [-0.2, -0.15) is 0 Å². The summed E-state index contributed by atoms with van der Waals surface area (Å²) in [5.74, 6) is 1.38. The normalized spacial score (nSPS) is 19.0. The van der Waals surface area contributed by atoms with Gasteiger partial charge < -0.3 is 19.9 Å². The van der Waals surface area contributed by atoms with E-state index in [1.54, 1.807) is 24.2 Å². The molecule has 2 aliphatic heterocycles. The minimum atomic E-state index is -0.282. The zero-order valence-electron chi connectivity index (χ0n) is 16.2. The summed E-state index contributed by atoms with van der Waals surface area (Å²) in [5, 5.41) is 3.00. The van der Waals surface area contributed by atoms with Crippen LogP contribution in [-0.2, 0) is 4.74 Å². The van der Waals surface area contributed by atoms with Crippen LogP contribution in [-0.4, -0.2) is 65.7 Å². The van der Waals surface area contributed by atoms with E-state index in [1.165, 1.54) is 0 Å². The topological polar surface area (TPSA) is 87.7 Å². The molecule has 2 aliphatic rings. The first-order valence-corrected chi connectivity index (χ1v) is 9.86. The van der Waals surface area contributed by atoms with Crippen LogP contribution in [0.4, 0.5) is 10.6 Å². The van der Waals surface area contributed by atoms with Crippen molar-refractivity contribution >= 4 is 17.8 Å². The van der Waals surface area contributed by atoms with Crippen LogP contribution >= 0.6 is 0 Å². The fraction of sp³-hybridized carbons (Fsp3) is 0.684. The number of carbonyl (C=O) groups is 2. The van der Waals surface area contributed by atoms with Crippen LogP contribution in [0, 0.1) is 5.92 Å². The number of rotatable bonds is 4. The summed E-state index contributed by atoms with van der Waals surface area (Å²) in [7, 11) is 0. The van der Waals surface area contributed by atoms with Gasteiger partial charge in [-0.15, -0.1) is 0 Å². The zero-order valence-corrected chi connectivity index (χ0v) is 16.2. The molecule has 1 aromatic rings. The minimum Gasteiger partial charge on any atom is -0.450 e. The molecule has 3 heterocycles. The lowest BCUT2D eigenvalue weighted by atomic mass is 9.99. The summed E-state index contributed by atoms with van der Waals surface area (Å²) in [6.07, 6.45) is 6.70. The Kier molecular flexibility index (Phi) is 6.47. The van der Waals surface area contributed by atoms with E-state index in [0.29, 0.717) is 38.2 Å². The molecule has 8 heteroatoms. The number of nitrogens with one attached hydrogen (secondary N) is 1. The second-order valence-corrected chi connectivity index (χ2v) is 7.36. The molecule has 27 heavy (non-hydrogen) atoms. The smallest absolute Gasteiger partial charge is 0.409 e. The van der Waals surface area contributed by atoms with Crippen LogP contribution in [0.5, 0.6) is 0 Å². The molecule has 2 fully saturated rings. The van der Waals surface area contributed by atoms with Crippen LogP contribution in [0.2, 0.25) is 0 Å². The van der Waals surface area contributed by atoms with Gasteiger partial charge in [0.25, 0.3) is 5.91 Å². The van der Waals surface area contributed by atoms with Gasteiger partial charge in [-0.1, -0.05) is 6.92 Å². The van der Waals surface area contributed by atoms with E-state index in [0.717, 1.165) is 37.7 Å². The van der Waals surface area contributed by atoms with Crippen LogP contribution in [0.25, 0.3) is 0 Å². The SMILES string of the molecule is CCOC(=O)N1CCC(NC(=O)c2cnc(N3CCC(C)CC3)cn2)CC1. The molecule has 1 N–H and O–H groups in total. The molecule has 0 spiro atoms. The molecular formula is C19H29N5O3. The average molecular weight is 375 g/mol. The maximum absolute atomic E-state index is 12.4. The van der Waals surface area contributed by atoms with Crippen molar-refractivity contribution in [1.29, 1.82) is 0 Å². The van der Waals surface area contributed by atoms with Gasteiger partial charge >= 0.3 is 6.09 Å². The second kappa shape index (κ2) is 9.01. The third-order valence-electron chi connectivity index (χ3n) is 5.33. The lowest BCUT2D eigenvalue weighted by Crippen LogP contribution is -2.46. The van der Waals surface area contributed by atoms with E-state index < -0.39 is 0 Å². The molecule has 0 saturated carbocycles. The highest BCUT2D eigenvalue weighted by atomic mass is 16.6. The molecule has 2 amide bonds. The van der Waals surface area contributed by atoms with Crippen molar-refractivity contribution in [3.8, 4) is 0 Å². The molecule has 0 atom stereocenters. The van der Waals surface area contributed by atoms with Crippen molar-refractivity contribution < 1.29 is 14.3 Å². The highest BCUT2D eigenvalue weighted by molar-refractivity contribution is 5.92. The molecule has 0 unspecified atom stereocenters. The van der Waals surface area contributed by atoms with E-state index in [4.69, 9.17) is 4.74 Å². The van der Waals surface area contributed by atoms with Crippen LogP contribution in [0.3, 0.4) is 0 Å². The summed E-state index contributed by atoms with van der Waals surface area (Å²) in [6.45, 7) is 7.59. The van der Waals surface area contributed by atoms with E-state index in [2.05, 4.69) is 27.1 Å². The Balaban J connectivity index is 1.48. The standard InChI is InChI=1S/C19H29N5O3/c1-3-27-19(26)24-10-6-15(7-11-24)22-18(25)16-12-21-17(13-20-16)23-8-4-14(2)5-9-23/h12-15H,3-11H2,1-2H3,(H,22,25). The van der Waals surface area contributed by atoms with Crippen LogP contribution < -0.4 is 10.2 Å². The molecule has 0 bridgehead atoms. The molecule has 2 saturated heterocycles. The van der Waals surface area contributed by atoms with E-state index >= 15 is 0 Å². The first-order chi connectivity index (χ1) is 13.1. The second-order valence-electron chi connectivity index (χ2n) is 7.36. The maximum atomic E-state index is 12.4. The van der Waals surface area contributed by atoms with Gasteiger partial charge in [0.2, 0.25) is 0 Å². The number of amides is 2. The summed E-state index contributed by atoms with van der Waals surface area (Å²) in [5.41, 5.74) is 0.331. The molecule has 0 aromatic carbocycles. The fourth-order valence-corrected chi connectivity index (χ4v) is 3.52. The van der Waals surface area contributed by atoms with Gasteiger partial charge in [0.15, 0.2) is 0 Å². The Hall–Kier alpha value is -2.38. The maximum Gasteiger partial charge on any atom is 0.409 e. The van der Waals surface area contributed by atoms with E-state index in [-0.39, 0.29) is 18.0 Å². The molecule has 1 aromatic heterocycles. The molecule has 148 valence electrons. The molecule has 3 rings (SSSR count). The quantitative estimate of drug-likeness (QED) is 0.867. The number of likely N-dealkylation sites (tertiary alicyclic amines) is 1. The number of anilines is 1. The third-order valence-corrected chi connectivity index (χ3v) is 5.33. The van der Waals surface area contributed by atoms with Gasteiger partial charge in [0.1, 0.15) is 11.5 Å². The Bertz CT molecular complexity index is 635. The Morgan fingerprint density at radius 2 is 1.81 bits per heavy atom. The van der Waals surface area contributed by atoms with Crippen LogP contribution in [0.1, 0.15) is 50.0 Å². The largest absolute Gasteiger partial charge is 0.450 e. The summed E-state index contributed by atoms with van der Waals surface area (Å²) >= 11 is 0. The molecule has 0 aliphatic carbocycles. The number of hydrogen-bond donors (Lipinski definition) is 1. The third kappa shape index (κ3) is 5.08. The van der Waals surface area contributed by atoms with Gasteiger partial charge in [0, 0.05) is 32.2 Å². The number of piperidine rings is 2. The van der Waals surface area contributed by atoms with Crippen LogP contribution in [0.15, 0.2) is 12.4 Å². The van der Waals surface area contributed by atoms with Crippen molar-refractivity contribution in [3.05, 3.63) is 18.1 Å². The molecule has 0 radical (unpaired) electrons. The number of aromatic nitrogens is 2. The van der Waals surface area contributed by atoms with Crippen molar-refractivity contribution in [2.24, 2.45) is 5.92 Å². The van der Waals surface area contributed by atoms with Gasteiger partial charge in [0.05, 0.1) is 19.0 Å². The minimum absolute atomic E-state index is 0.0354. The Labute approximate surface area is 160 Å². The van der Waals surface area contributed by atoms with Crippen molar-refractivity contribution in [2.45, 2.75) is 45.6 Å².